The number of piperidine rings is 2. The van der Waals surface area contributed by atoms with E-state index in [1.807, 2.05) is 34.1 Å². The van der Waals surface area contributed by atoms with Crippen molar-refractivity contribution in [3.8, 4) is 0 Å². The molecule has 0 saturated carbocycles. The zero-order chi connectivity index (χ0) is 21.1. The summed E-state index contributed by atoms with van der Waals surface area (Å²) >= 11 is 6.05. The van der Waals surface area contributed by atoms with Gasteiger partial charge in [0.25, 0.3) is 0 Å². The Kier molecular flexibility index (Phi) is 6.66. The van der Waals surface area contributed by atoms with E-state index in [1.54, 1.807) is 0 Å². The maximum absolute atomic E-state index is 12.9. The molecule has 3 heterocycles. The van der Waals surface area contributed by atoms with Crippen molar-refractivity contribution in [3.05, 3.63) is 34.9 Å². The van der Waals surface area contributed by atoms with Gasteiger partial charge in [0, 0.05) is 37.1 Å². The Morgan fingerprint density at radius 3 is 2.53 bits per heavy atom. The van der Waals surface area contributed by atoms with Gasteiger partial charge in [0.05, 0.1) is 18.6 Å². The second-order valence-electron chi connectivity index (χ2n) is 9.06. The summed E-state index contributed by atoms with van der Waals surface area (Å²) in [7, 11) is 2.12. The van der Waals surface area contributed by atoms with Crippen LogP contribution in [0.2, 0.25) is 5.02 Å². The lowest BCUT2D eigenvalue weighted by molar-refractivity contribution is -0.164. The first kappa shape index (κ1) is 21.6. The van der Waals surface area contributed by atoms with Crippen molar-refractivity contribution in [1.29, 1.82) is 0 Å². The maximum Gasteiger partial charge on any atom is 0.227 e. The smallest absolute Gasteiger partial charge is 0.227 e. The van der Waals surface area contributed by atoms with Crippen molar-refractivity contribution >= 4 is 23.4 Å². The van der Waals surface area contributed by atoms with Gasteiger partial charge in [0.15, 0.2) is 0 Å². The third-order valence-electron chi connectivity index (χ3n) is 6.90. The summed E-state index contributed by atoms with van der Waals surface area (Å²) in [5, 5.41) is 0.653. The number of hydrogen-bond donors (Lipinski definition) is 0. The summed E-state index contributed by atoms with van der Waals surface area (Å²) in [6.45, 7) is 5.25. The first-order valence-corrected chi connectivity index (χ1v) is 11.5. The summed E-state index contributed by atoms with van der Waals surface area (Å²) in [4.78, 5) is 32.0. The van der Waals surface area contributed by atoms with Crippen LogP contribution in [0.1, 0.15) is 31.2 Å². The molecular formula is C23H32ClN3O3. The van der Waals surface area contributed by atoms with Gasteiger partial charge in [-0.25, -0.2) is 0 Å². The highest BCUT2D eigenvalue weighted by Crippen LogP contribution is 2.32. The number of hydrogen-bond acceptors (Lipinski definition) is 4. The standard InChI is InChI=1S/C23H32ClN3O3/c1-25-9-5-19(6-10-25)22(29)26-11-7-23(8-12-26)17-27(13-14-30-23)21(28)16-18-3-2-4-20(24)15-18/h2-4,15,19H,5-14,16-17H2,1H3. The van der Waals surface area contributed by atoms with Gasteiger partial charge in [-0.1, -0.05) is 23.7 Å². The molecule has 0 N–H and O–H groups in total. The molecule has 6 nitrogen and oxygen atoms in total. The molecule has 0 bridgehead atoms. The molecule has 1 aromatic rings. The molecule has 4 rings (SSSR count). The summed E-state index contributed by atoms with van der Waals surface area (Å²) in [5.41, 5.74) is 0.623. The number of likely N-dealkylation sites (tertiary alicyclic amines) is 2. The summed E-state index contributed by atoms with van der Waals surface area (Å²) < 4.78 is 6.18. The third kappa shape index (κ3) is 4.98. The molecule has 3 fully saturated rings. The van der Waals surface area contributed by atoms with Crippen LogP contribution in [0, 0.1) is 5.92 Å². The Bertz CT molecular complexity index is 771. The predicted octanol–water partition coefficient (Wildman–Crippen LogP) is 2.44. The molecule has 3 aliphatic heterocycles. The van der Waals surface area contributed by atoms with Gasteiger partial charge in [0.1, 0.15) is 0 Å². The molecule has 164 valence electrons. The Balaban J connectivity index is 1.31. The average molecular weight is 434 g/mol. The lowest BCUT2D eigenvalue weighted by Gasteiger charge is -2.48. The fraction of sp³-hybridized carbons (Fsp3) is 0.652. The van der Waals surface area contributed by atoms with E-state index in [0.717, 1.165) is 57.4 Å². The number of benzene rings is 1. The monoisotopic (exact) mass is 433 g/mol. The van der Waals surface area contributed by atoms with Gasteiger partial charge in [-0.3, -0.25) is 9.59 Å². The number of rotatable bonds is 3. The van der Waals surface area contributed by atoms with Crippen LogP contribution in [0.3, 0.4) is 0 Å². The van der Waals surface area contributed by atoms with E-state index in [1.165, 1.54) is 0 Å². The Morgan fingerprint density at radius 1 is 1.10 bits per heavy atom. The minimum absolute atomic E-state index is 0.116. The normalized spacial score (nSPS) is 23.0. The van der Waals surface area contributed by atoms with Crippen LogP contribution >= 0.6 is 11.6 Å². The Labute approximate surface area is 184 Å². The second kappa shape index (κ2) is 9.25. The van der Waals surface area contributed by atoms with Crippen molar-refractivity contribution in [2.45, 2.75) is 37.7 Å². The number of carbonyl (C=O) groups excluding carboxylic acids is 2. The molecule has 3 saturated heterocycles. The fourth-order valence-corrected chi connectivity index (χ4v) is 5.15. The highest BCUT2D eigenvalue weighted by atomic mass is 35.5. The third-order valence-corrected chi connectivity index (χ3v) is 7.13. The van der Waals surface area contributed by atoms with E-state index in [0.29, 0.717) is 37.0 Å². The fourth-order valence-electron chi connectivity index (χ4n) is 4.94. The summed E-state index contributed by atoms with van der Waals surface area (Å²) in [6, 6.07) is 7.48. The average Bonchev–Trinajstić information content (AvgIpc) is 2.74. The van der Waals surface area contributed by atoms with E-state index in [9.17, 15) is 9.59 Å². The van der Waals surface area contributed by atoms with Crippen LogP contribution in [-0.2, 0) is 20.7 Å². The molecule has 0 aliphatic carbocycles. The van der Waals surface area contributed by atoms with E-state index in [4.69, 9.17) is 16.3 Å². The van der Waals surface area contributed by atoms with Gasteiger partial charge in [-0.2, -0.15) is 0 Å². The van der Waals surface area contributed by atoms with Crippen LogP contribution in [-0.4, -0.2) is 85.0 Å². The molecule has 1 spiro atoms. The van der Waals surface area contributed by atoms with Crippen LogP contribution in [0.4, 0.5) is 0 Å². The number of carbonyl (C=O) groups is 2. The van der Waals surface area contributed by atoms with E-state index in [-0.39, 0.29) is 17.4 Å². The van der Waals surface area contributed by atoms with Gasteiger partial charge in [-0.15, -0.1) is 0 Å². The van der Waals surface area contributed by atoms with Gasteiger partial charge < -0.3 is 19.4 Å². The van der Waals surface area contributed by atoms with Crippen molar-refractivity contribution in [3.63, 3.8) is 0 Å². The van der Waals surface area contributed by atoms with Crippen LogP contribution in [0.5, 0.6) is 0 Å². The molecular weight excluding hydrogens is 402 g/mol. The maximum atomic E-state index is 12.9. The largest absolute Gasteiger partial charge is 0.371 e. The highest BCUT2D eigenvalue weighted by Gasteiger charge is 2.42. The summed E-state index contributed by atoms with van der Waals surface area (Å²) in [5.74, 6) is 0.589. The lowest BCUT2D eigenvalue weighted by atomic mass is 9.87. The number of halogens is 1. The number of nitrogens with zero attached hydrogens (tertiary/aromatic N) is 3. The topological polar surface area (TPSA) is 53.1 Å². The van der Waals surface area contributed by atoms with Crippen molar-refractivity contribution < 1.29 is 14.3 Å². The number of amides is 2. The van der Waals surface area contributed by atoms with Gasteiger partial charge in [-0.05, 0) is 63.5 Å². The first-order valence-electron chi connectivity index (χ1n) is 11.1. The highest BCUT2D eigenvalue weighted by molar-refractivity contribution is 6.30. The minimum Gasteiger partial charge on any atom is -0.371 e. The van der Waals surface area contributed by atoms with Crippen LogP contribution < -0.4 is 0 Å². The van der Waals surface area contributed by atoms with Crippen molar-refractivity contribution in [2.24, 2.45) is 5.92 Å². The van der Waals surface area contributed by atoms with E-state index in [2.05, 4.69) is 11.9 Å². The molecule has 30 heavy (non-hydrogen) atoms. The SMILES string of the molecule is CN1CCC(C(=O)N2CCC3(CC2)CN(C(=O)Cc2cccc(Cl)c2)CCO3)CC1. The lowest BCUT2D eigenvalue weighted by Crippen LogP contribution is -2.59. The minimum atomic E-state index is -0.314. The zero-order valence-electron chi connectivity index (χ0n) is 17.8. The Hall–Kier alpha value is -1.63. The van der Waals surface area contributed by atoms with Gasteiger partial charge in [0.2, 0.25) is 11.8 Å². The van der Waals surface area contributed by atoms with Gasteiger partial charge >= 0.3 is 0 Å². The molecule has 2 amide bonds. The quantitative estimate of drug-likeness (QED) is 0.734. The molecule has 7 heteroatoms. The molecule has 0 radical (unpaired) electrons. The van der Waals surface area contributed by atoms with Crippen LogP contribution in [0.15, 0.2) is 24.3 Å². The molecule has 1 aromatic carbocycles. The van der Waals surface area contributed by atoms with Crippen molar-refractivity contribution in [2.75, 3.05) is 52.9 Å². The molecule has 0 unspecified atom stereocenters. The molecule has 0 atom stereocenters. The predicted molar refractivity (Wildman–Crippen MR) is 116 cm³/mol. The molecule has 3 aliphatic rings. The van der Waals surface area contributed by atoms with E-state index < -0.39 is 0 Å². The number of morpholine rings is 1. The summed E-state index contributed by atoms with van der Waals surface area (Å²) in [6.07, 6.45) is 3.87. The zero-order valence-corrected chi connectivity index (χ0v) is 18.6. The van der Waals surface area contributed by atoms with E-state index >= 15 is 0 Å². The second-order valence-corrected chi connectivity index (χ2v) is 9.49. The Morgan fingerprint density at radius 2 is 1.83 bits per heavy atom. The molecule has 0 aromatic heterocycles. The number of ether oxygens (including phenoxy) is 1. The first-order chi connectivity index (χ1) is 14.4. The van der Waals surface area contributed by atoms with Crippen molar-refractivity contribution in [1.82, 2.24) is 14.7 Å². The van der Waals surface area contributed by atoms with Crippen LogP contribution in [0.25, 0.3) is 0 Å².